The SMILES string of the molecule is Cc1cccc(NC(=O)C2CCN(Cc3nc(-c4cccs4)no3)CC2)c1C. The highest BCUT2D eigenvalue weighted by molar-refractivity contribution is 7.13. The molecule has 7 heteroatoms. The second-order valence-corrected chi connectivity index (χ2v) is 8.22. The van der Waals surface area contributed by atoms with Crippen molar-refractivity contribution in [1.82, 2.24) is 15.0 Å². The van der Waals surface area contributed by atoms with E-state index in [1.165, 1.54) is 5.56 Å². The molecular formula is C21H24N4O2S. The van der Waals surface area contributed by atoms with Crippen LogP contribution in [0.1, 0.15) is 29.9 Å². The molecule has 0 saturated carbocycles. The van der Waals surface area contributed by atoms with Crippen molar-refractivity contribution in [3.8, 4) is 10.7 Å². The summed E-state index contributed by atoms with van der Waals surface area (Å²) >= 11 is 1.60. The Morgan fingerprint density at radius 2 is 2.07 bits per heavy atom. The van der Waals surface area contributed by atoms with Crippen molar-refractivity contribution in [3.63, 3.8) is 0 Å². The van der Waals surface area contributed by atoms with Gasteiger partial charge in [-0.2, -0.15) is 4.98 Å². The van der Waals surface area contributed by atoms with E-state index in [4.69, 9.17) is 4.52 Å². The van der Waals surface area contributed by atoms with Crippen molar-refractivity contribution in [1.29, 1.82) is 0 Å². The van der Waals surface area contributed by atoms with Crippen LogP contribution in [0, 0.1) is 19.8 Å². The second-order valence-electron chi connectivity index (χ2n) is 7.28. The van der Waals surface area contributed by atoms with Crippen LogP contribution in [0.3, 0.4) is 0 Å². The number of aryl methyl sites for hydroxylation is 1. The van der Waals surface area contributed by atoms with Crippen molar-refractivity contribution in [2.45, 2.75) is 33.2 Å². The summed E-state index contributed by atoms with van der Waals surface area (Å²) in [6.07, 6.45) is 1.67. The van der Waals surface area contributed by atoms with Gasteiger partial charge in [0.15, 0.2) is 0 Å². The number of thiophene rings is 1. The molecule has 0 bridgehead atoms. The molecule has 1 fully saturated rings. The number of likely N-dealkylation sites (tertiary alicyclic amines) is 1. The van der Waals surface area contributed by atoms with Crippen LogP contribution >= 0.6 is 11.3 Å². The first-order valence-corrected chi connectivity index (χ1v) is 10.4. The highest BCUT2D eigenvalue weighted by Crippen LogP contribution is 2.25. The molecule has 1 amide bonds. The molecule has 1 aromatic carbocycles. The van der Waals surface area contributed by atoms with Gasteiger partial charge in [-0.25, -0.2) is 0 Å². The largest absolute Gasteiger partial charge is 0.338 e. The number of anilines is 1. The molecule has 146 valence electrons. The fourth-order valence-corrected chi connectivity index (χ4v) is 4.14. The third-order valence-corrected chi connectivity index (χ3v) is 6.26. The van der Waals surface area contributed by atoms with Gasteiger partial charge in [0.05, 0.1) is 11.4 Å². The Hall–Kier alpha value is -2.51. The van der Waals surface area contributed by atoms with Crippen molar-refractivity contribution in [2.24, 2.45) is 5.92 Å². The van der Waals surface area contributed by atoms with Crippen LogP contribution in [-0.4, -0.2) is 34.0 Å². The number of rotatable bonds is 5. The molecule has 3 heterocycles. The Balaban J connectivity index is 1.30. The zero-order chi connectivity index (χ0) is 19.5. The Morgan fingerprint density at radius 1 is 1.25 bits per heavy atom. The molecule has 1 N–H and O–H groups in total. The van der Waals surface area contributed by atoms with Crippen LogP contribution in [0.2, 0.25) is 0 Å². The summed E-state index contributed by atoms with van der Waals surface area (Å²) in [5.41, 5.74) is 3.24. The molecule has 0 unspecified atom stereocenters. The number of nitrogens with one attached hydrogen (secondary N) is 1. The van der Waals surface area contributed by atoms with Crippen molar-refractivity contribution in [3.05, 3.63) is 52.7 Å². The van der Waals surface area contributed by atoms with Gasteiger partial charge in [0.25, 0.3) is 0 Å². The van der Waals surface area contributed by atoms with Crippen molar-refractivity contribution < 1.29 is 9.32 Å². The lowest BCUT2D eigenvalue weighted by molar-refractivity contribution is -0.121. The third-order valence-electron chi connectivity index (χ3n) is 5.39. The molecule has 0 aliphatic carbocycles. The Morgan fingerprint density at radius 3 is 2.82 bits per heavy atom. The number of carbonyl (C=O) groups is 1. The van der Waals surface area contributed by atoms with Gasteiger partial charge < -0.3 is 9.84 Å². The summed E-state index contributed by atoms with van der Waals surface area (Å²) in [6, 6.07) is 9.97. The maximum Gasteiger partial charge on any atom is 0.241 e. The smallest absolute Gasteiger partial charge is 0.241 e. The minimum atomic E-state index is 0.0422. The van der Waals surface area contributed by atoms with Crippen LogP contribution in [0.5, 0.6) is 0 Å². The van der Waals surface area contributed by atoms with Gasteiger partial charge in [-0.15, -0.1) is 11.3 Å². The predicted molar refractivity (Wildman–Crippen MR) is 110 cm³/mol. The topological polar surface area (TPSA) is 71.3 Å². The maximum atomic E-state index is 12.7. The van der Waals surface area contributed by atoms with Crippen LogP contribution in [0.4, 0.5) is 5.69 Å². The van der Waals surface area contributed by atoms with E-state index in [1.54, 1.807) is 11.3 Å². The summed E-state index contributed by atoms with van der Waals surface area (Å²) in [5, 5.41) is 9.17. The van der Waals surface area contributed by atoms with Gasteiger partial charge in [-0.1, -0.05) is 23.4 Å². The van der Waals surface area contributed by atoms with E-state index in [0.29, 0.717) is 18.3 Å². The van der Waals surface area contributed by atoms with E-state index >= 15 is 0 Å². The van der Waals surface area contributed by atoms with Gasteiger partial charge >= 0.3 is 0 Å². The van der Waals surface area contributed by atoms with Gasteiger partial charge in [0, 0.05) is 11.6 Å². The number of piperidine rings is 1. The summed E-state index contributed by atoms with van der Waals surface area (Å²) < 4.78 is 5.39. The highest BCUT2D eigenvalue weighted by atomic mass is 32.1. The molecule has 6 nitrogen and oxygen atoms in total. The Bertz CT molecular complexity index is 943. The number of carbonyl (C=O) groups excluding carboxylic acids is 1. The number of hydrogen-bond donors (Lipinski definition) is 1. The monoisotopic (exact) mass is 396 g/mol. The van der Waals surface area contributed by atoms with E-state index < -0.39 is 0 Å². The number of nitrogens with zero attached hydrogens (tertiary/aromatic N) is 3. The fraction of sp³-hybridized carbons (Fsp3) is 0.381. The molecule has 1 aliphatic heterocycles. The first kappa shape index (κ1) is 18.8. The standard InChI is InChI=1S/C21H24N4O2S/c1-14-5-3-6-17(15(14)2)22-21(26)16-8-10-25(11-9-16)13-19-23-20(24-27-19)18-7-4-12-28-18/h3-7,12,16H,8-11,13H2,1-2H3,(H,22,26). The molecule has 2 aromatic heterocycles. The first-order valence-electron chi connectivity index (χ1n) is 9.56. The number of benzene rings is 1. The Kier molecular flexibility index (Phi) is 5.54. The lowest BCUT2D eigenvalue weighted by Crippen LogP contribution is -2.37. The second kappa shape index (κ2) is 8.24. The van der Waals surface area contributed by atoms with E-state index in [0.717, 1.165) is 42.1 Å². The van der Waals surface area contributed by atoms with Gasteiger partial charge in [-0.05, 0) is 68.4 Å². The normalized spacial score (nSPS) is 15.6. The van der Waals surface area contributed by atoms with Crippen LogP contribution in [-0.2, 0) is 11.3 Å². The number of amides is 1. The van der Waals surface area contributed by atoms with Crippen molar-refractivity contribution >= 4 is 22.9 Å². The summed E-state index contributed by atoms with van der Waals surface area (Å²) in [7, 11) is 0. The van der Waals surface area contributed by atoms with Crippen LogP contribution in [0.25, 0.3) is 10.7 Å². The first-order chi connectivity index (χ1) is 13.6. The third kappa shape index (κ3) is 4.15. The minimum absolute atomic E-state index is 0.0422. The van der Waals surface area contributed by atoms with Gasteiger partial charge in [0.1, 0.15) is 0 Å². The summed E-state index contributed by atoms with van der Waals surface area (Å²) in [5.74, 6) is 1.43. The molecule has 1 saturated heterocycles. The molecule has 1 aliphatic rings. The van der Waals surface area contributed by atoms with E-state index in [9.17, 15) is 4.79 Å². The number of aromatic nitrogens is 2. The molecular weight excluding hydrogens is 372 g/mol. The minimum Gasteiger partial charge on any atom is -0.338 e. The molecule has 0 radical (unpaired) electrons. The highest BCUT2D eigenvalue weighted by Gasteiger charge is 2.26. The van der Waals surface area contributed by atoms with Crippen molar-refractivity contribution in [2.75, 3.05) is 18.4 Å². The number of hydrogen-bond acceptors (Lipinski definition) is 6. The lowest BCUT2D eigenvalue weighted by Gasteiger charge is -2.30. The molecule has 28 heavy (non-hydrogen) atoms. The van der Waals surface area contributed by atoms with Gasteiger partial charge in [-0.3, -0.25) is 9.69 Å². The van der Waals surface area contributed by atoms with E-state index in [1.807, 2.05) is 36.6 Å². The average Bonchev–Trinajstić information content (AvgIpc) is 3.38. The van der Waals surface area contributed by atoms with Crippen LogP contribution in [0.15, 0.2) is 40.2 Å². The zero-order valence-electron chi connectivity index (χ0n) is 16.1. The van der Waals surface area contributed by atoms with E-state index in [2.05, 4.69) is 33.3 Å². The summed E-state index contributed by atoms with van der Waals surface area (Å²) in [4.78, 5) is 20.4. The zero-order valence-corrected chi connectivity index (χ0v) is 17.0. The average molecular weight is 397 g/mol. The maximum absolute atomic E-state index is 12.7. The van der Waals surface area contributed by atoms with Gasteiger partial charge in [0.2, 0.25) is 17.6 Å². The molecule has 4 rings (SSSR count). The molecule has 3 aromatic rings. The fourth-order valence-electron chi connectivity index (χ4n) is 3.49. The van der Waals surface area contributed by atoms with Crippen LogP contribution < -0.4 is 5.32 Å². The summed E-state index contributed by atoms with van der Waals surface area (Å²) in [6.45, 7) is 6.43. The molecule has 0 atom stereocenters. The lowest BCUT2D eigenvalue weighted by atomic mass is 9.95. The predicted octanol–water partition coefficient (Wildman–Crippen LogP) is 4.27. The molecule has 0 spiro atoms. The quantitative estimate of drug-likeness (QED) is 0.697. The Labute approximate surface area is 168 Å². The van der Waals surface area contributed by atoms with E-state index in [-0.39, 0.29) is 11.8 Å².